The van der Waals surface area contributed by atoms with Gasteiger partial charge in [0.1, 0.15) is 5.75 Å². The molecule has 1 rings (SSSR count). The van der Waals surface area contributed by atoms with E-state index in [9.17, 15) is 4.79 Å². The molecule has 3 N–H and O–H groups in total. The summed E-state index contributed by atoms with van der Waals surface area (Å²) in [6.45, 7) is 6.25. The average Bonchev–Trinajstić information content (AvgIpc) is 2.37. The Bertz CT molecular complexity index is 441. The predicted octanol–water partition coefficient (Wildman–Crippen LogP) is 2.63. The number of nitrogens with one attached hydrogen (secondary N) is 1. The van der Waals surface area contributed by atoms with Gasteiger partial charge in [0.2, 0.25) is 0 Å². The molecule has 1 atom stereocenters. The van der Waals surface area contributed by atoms with Gasteiger partial charge in [0.15, 0.2) is 6.61 Å². The standard InChI is InChI=1S/C14H21ClN2O2.ClH/c1-10(2)14(3,9-16)17-13(18)8-19-12-7-5-4-6-11(12)15;/h4-7,10H,8-9,16H2,1-3H3,(H,17,18);1H. The molecular weight excluding hydrogens is 299 g/mol. The topological polar surface area (TPSA) is 64.3 Å². The number of para-hydroxylation sites is 1. The molecule has 0 bridgehead atoms. The molecule has 0 aliphatic rings. The van der Waals surface area contributed by atoms with Crippen molar-refractivity contribution in [2.24, 2.45) is 11.7 Å². The Morgan fingerprint density at radius 3 is 2.55 bits per heavy atom. The van der Waals surface area contributed by atoms with E-state index in [4.69, 9.17) is 22.1 Å². The van der Waals surface area contributed by atoms with Crippen molar-refractivity contribution < 1.29 is 9.53 Å². The van der Waals surface area contributed by atoms with Crippen LogP contribution in [0.1, 0.15) is 20.8 Å². The molecule has 114 valence electrons. The van der Waals surface area contributed by atoms with E-state index in [0.29, 0.717) is 17.3 Å². The summed E-state index contributed by atoms with van der Waals surface area (Å²) in [5.74, 6) is 0.529. The van der Waals surface area contributed by atoms with Crippen LogP contribution >= 0.6 is 24.0 Å². The molecule has 1 aromatic carbocycles. The molecule has 0 aromatic heterocycles. The SMILES string of the molecule is CC(C)C(C)(CN)NC(=O)COc1ccccc1Cl.Cl. The largest absolute Gasteiger partial charge is 0.482 e. The van der Waals surface area contributed by atoms with Crippen LogP contribution in [0.5, 0.6) is 5.75 Å². The van der Waals surface area contributed by atoms with Crippen LogP contribution in [-0.2, 0) is 4.79 Å². The molecule has 0 spiro atoms. The van der Waals surface area contributed by atoms with Crippen LogP contribution in [0.2, 0.25) is 5.02 Å². The third kappa shape index (κ3) is 5.19. The first-order valence-corrected chi connectivity index (χ1v) is 6.65. The van der Waals surface area contributed by atoms with Gasteiger partial charge in [0.05, 0.1) is 10.6 Å². The summed E-state index contributed by atoms with van der Waals surface area (Å²) >= 11 is 5.94. The Kier molecular flexibility index (Phi) is 7.94. The van der Waals surface area contributed by atoms with Crippen molar-refractivity contribution in [2.45, 2.75) is 26.3 Å². The van der Waals surface area contributed by atoms with Crippen LogP contribution in [0.15, 0.2) is 24.3 Å². The van der Waals surface area contributed by atoms with Crippen molar-refractivity contribution in [1.29, 1.82) is 0 Å². The molecule has 0 aliphatic heterocycles. The molecule has 1 aromatic rings. The Hall–Kier alpha value is -0.970. The molecular formula is C14H22Cl2N2O2. The lowest BCUT2D eigenvalue weighted by atomic mass is 9.88. The summed E-state index contributed by atoms with van der Waals surface area (Å²) in [6.07, 6.45) is 0. The van der Waals surface area contributed by atoms with E-state index in [1.807, 2.05) is 20.8 Å². The molecule has 0 saturated carbocycles. The third-order valence-electron chi connectivity index (χ3n) is 3.32. The summed E-state index contributed by atoms with van der Waals surface area (Å²) in [4.78, 5) is 11.9. The molecule has 0 saturated heterocycles. The zero-order valence-electron chi connectivity index (χ0n) is 12.0. The third-order valence-corrected chi connectivity index (χ3v) is 3.63. The van der Waals surface area contributed by atoms with E-state index < -0.39 is 5.54 Å². The van der Waals surface area contributed by atoms with E-state index in [2.05, 4.69) is 5.32 Å². The maximum Gasteiger partial charge on any atom is 0.258 e. The van der Waals surface area contributed by atoms with Crippen molar-refractivity contribution >= 4 is 29.9 Å². The number of nitrogens with two attached hydrogens (primary N) is 1. The molecule has 0 heterocycles. The minimum Gasteiger partial charge on any atom is -0.482 e. The average molecular weight is 321 g/mol. The van der Waals surface area contributed by atoms with Gasteiger partial charge in [0, 0.05) is 6.54 Å². The second kappa shape index (κ2) is 8.35. The van der Waals surface area contributed by atoms with E-state index >= 15 is 0 Å². The lowest BCUT2D eigenvalue weighted by Crippen LogP contribution is -2.56. The first kappa shape index (κ1) is 19.0. The molecule has 0 aliphatic carbocycles. The maximum absolute atomic E-state index is 11.9. The van der Waals surface area contributed by atoms with E-state index in [1.54, 1.807) is 24.3 Å². The van der Waals surface area contributed by atoms with Crippen molar-refractivity contribution in [2.75, 3.05) is 13.2 Å². The summed E-state index contributed by atoms with van der Waals surface area (Å²) in [5.41, 5.74) is 5.28. The van der Waals surface area contributed by atoms with Gasteiger partial charge in [-0.05, 0) is 25.0 Å². The Balaban J connectivity index is 0.00000361. The van der Waals surface area contributed by atoms with Crippen molar-refractivity contribution in [3.63, 3.8) is 0 Å². The van der Waals surface area contributed by atoms with Crippen molar-refractivity contribution in [3.8, 4) is 5.75 Å². The van der Waals surface area contributed by atoms with Gasteiger partial charge in [0.25, 0.3) is 5.91 Å². The number of amides is 1. The van der Waals surface area contributed by atoms with Gasteiger partial charge in [-0.15, -0.1) is 12.4 Å². The van der Waals surface area contributed by atoms with Crippen LogP contribution in [-0.4, -0.2) is 24.6 Å². The summed E-state index contributed by atoms with van der Waals surface area (Å²) in [6, 6.07) is 7.05. The summed E-state index contributed by atoms with van der Waals surface area (Å²) in [7, 11) is 0. The highest BCUT2D eigenvalue weighted by atomic mass is 35.5. The van der Waals surface area contributed by atoms with Crippen molar-refractivity contribution in [1.82, 2.24) is 5.32 Å². The fourth-order valence-corrected chi connectivity index (χ4v) is 1.68. The summed E-state index contributed by atoms with van der Waals surface area (Å²) in [5, 5.41) is 3.39. The molecule has 1 amide bonds. The first-order chi connectivity index (χ1) is 8.89. The highest BCUT2D eigenvalue weighted by Crippen LogP contribution is 2.23. The lowest BCUT2D eigenvalue weighted by molar-refractivity contribution is -0.125. The van der Waals surface area contributed by atoms with Gasteiger partial charge in [-0.2, -0.15) is 0 Å². The number of rotatable bonds is 6. The minimum atomic E-state index is -0.430. The summed E-state index contributed by atoms with van der Waals surface area (Å²) < 4.78 is 5.38. The van der Waals surface area contributed by atoms with Crippen LogP contribution in [0.3, 0.4) is 0 Å². The molecule has 20 heavy (non-hydrogen) atoms. The van der Waals surface area contributed by atoms with Crippen LogP contribution in [0, 0.1) is 5.92 Å². The molecule has 1 unspecified atom stereocenters. The zero-order chi connectivity index (χ0) is 14.5. The number of carbonyl (C=O) groups excluding carboxylic acids is 1. The van der Waals surface area contributed by atoms with E-state index in [1.165, 1.54) is 0 Å². The second-order valence-corrected chi connectivity index (χ2v) is 5.45. The molecule has 0 radical (unpaired) electrons. The number of carbonyl (C=O) groups is 1. The van der Waals surface area contributed by atoms with Gasteiger partial charge >= 0.3 is 0 Å². The van der Waals surface area contributed by atoms with Gasteiger partial charge < -0.3 is 15.8 Å². The smallest absolute Gasteiger partial charge is 0.258 e. The van der Waals surface area contributed by atoms with Gasteiger partial charge in [-0.25, -0.2) is 0 Å². The fourth-order valence-electron chi connectivity index (χ4n) is 1.49. The van der Waals surface area contributed by atoms with Crippen LogP contribution in [0.4, 0.5) is 0 Å². The molecule has 6 heteroatoms. The molecule has 4 nitrogen and oxygen atoms in total. The predicted molar refractivity (Wildman–Crippen MR) is 84.6 cm³/mol. The van der Waals surface area contributed by atoms with E-state index in [0.717, 1.165) is 0 Å². The first-order valence-electron chi connectivity index (χ1n) is 6.27. The number of halogens is 2. The second-order valence-electron chi connectivity index (χ2n) is 5.04. The zero-order valence-corrected chi connectivity index (χ0v) is 13.6. The van der Waals surface area contributed by atoms with Crippen LogP contribution < -0.4 is 15.8 Å². The highest BCUT2D eigenvalue weighted by molar-refractivity contribution is 6.32. The number of hydrogen-bond acceptors (Lipinski definition) is 3. The lowest BCUT2D eigenvalue weighted by Gasteiger charge is -2.33. The van der Waals surface area contributed by atoms with Gasteiger partial charge in [-0.1, -0.05) is 37.6 Å². The van der Waals surface area contributed by atoms with Crippen LogP contribution in [0.25, 0.3) is 0 Å². The number of ether oxygens (including phenoxy) is 1. The van der Waals surface area contributed by atoms with Crippen molar-refractivity contribution in [3.05, 3.63) is 29.3 Å². The van der Waals surface area contributed by atoms with Gasteiger partial charge in [-0.3, -0.25) is 4.79 Å². The normalized spacial score (nSPS) is 13.3. The number of benzene rings is 1. The monoisotopic (exact) mass is 320 g/mol. The quantitative estimate of drug-likeness (QED) is 0.846. The minimum absolute atomic E-state index is 0. The molecule has 0 fully saturated rings. The Morgan fingerprint density at radius 1 is 1.45 bits per heavy atom. The fraction of sp³-hybridized carbons (Fsp3) is 0.500. The Labute approximate surface area is 131 Å². The Morgan fingerprint density at radius 2 is 2.05 bits per heavy atom. The maximum atomic E-state index is 11.9. The number of hydrogen-bond donors (Lipinski definition) is 2. The highest BCUT2D eigenvalue weighted by Gasteiger charge is 2.28. The van der Waals surface area contributed by atoms with E-state index in [-0.39, 0.29) is 30.8 Å².